The van der Waals surface area contributed by atoms with E-state index in [1.54, 1.807) is 0 Å². The molecule has 2 fully saturated rings. The molecule has 4 rings (SSSR count). The van der Waals surface area contributed by atoms with E-state index in [0.717, 1.165) is 11.1 Å². The second kappa shape index (κ2) is 13.7. The molecule has 2 N–H and O–H groups in total. The van der Waals surface area contributed by atoms with Crippen LogP contribution in [-0.4, -0.2) is 83.9 Å². The van der Waals surface area contributed by atoms with Crippen molar-refractivity contribution < 1.29 is 38.1 Å². The van der Waals surface area contributed by atoms with Gasteiger partial charge in [-0.3, -0.25) is 0 Å². The van der Waals surface area contributed by atoms with E-state index in [4.69, 9.17) is 19.7 Å². The minimum absolute atomic E-state index is 0.00114. The Kier molecular flexibility index (Phi) is 10.4. The number of hydrogen-bond acceptors (Lipinski definition) is 6. The monoisotopic (exact) mass is 506 g/mol. The summed E-state index contributed by atoms with van der Waals surface area (Å²) in [6, 6.07) is 18.6. The quantitative estimate of drug-likeness (QED) is 0.625. The van der Waals surface area contributed by atoms with Gasteiger partial charge in [-0.1, -0.05) is 60.7 Å². The Morgan fingerprint density at radius 1 is 0.694 bits per heavy atom. The van der Waals surface area contributed by atoms with Crippen molar-refractivity contribution in [1.82, 2.24) is 9.80 Å². The van der Waals surface area contributed by atoms with Gasteiger partial charge in [0, 0.05) is 24.9 Å². The van der Waals surface area contributed by atoms with Gasteiger partial charge in [0.15, 0.2) is 0 Å². The van der Waals surface area contributed by atoms with Gasteiger partial charge < -0.3 is 29.5 Å². The number of aliphatic hydroxyl groups excluding tert-OH is 2. The lowest BCUT2D eigenvalue weighted by Gasteiger charge is -2.15. The van der Waals surface area contributed by atoms with Gasteiger partial charge in [-0.2, -0.15) is 0 Å². The van der Waals surface area contributed by atoms with Crippen LogP contribution in [0.2, 0.25) is 0 Å². The first-order valence-corrected chi connectivity index (χ1v) is 11.8. The molecule has 0 bridgehead atoms. The number of carbonyl (C=O) groups excluding carboxylic acids is 2. The molecular weight excluding hydrogens is 474 g/mol. The molecule has 2 aromatic rings. The van der Waals surface area contributed by atoms with Crippen LogP contribution in [0.15, 0.2) is 60.7 Å². The zero-order chi connectivity index (χ0) is 25.9. The van der Waals surface area contributed by atoms with E-state index in [-0.39, 0.29) is 52.6 Å². The van der Waals surface area contributed by atoms with E-state index < -0.39 is 36.4 Å². The minimum atomic E-state index is -1.17. The normalized spacial score (nSPS) is 23.1. The predicted octanol–water partition coefficient (Wildman–Crippen LogP) is 3.17. The molecule has 2 aromatic carbocycles. The maximum absolute atomic E-state index is 13.4. The summed E-state index contributed by atoms with van der Waals surface area (Å²) in [5.74, 6) is -0.983. The molecule has 0 radical (unpaired) electrons. The largest absolute Gasteiger partial charge is 0.445 e. The number of halogens is 2. The van der Waals surface area contributed by atoms with Crippen LogP contribution >= 0.6 is 0 Å². The fraction of sp³-hybridized carbons (Fsp3) is 0.462. The molecule has 36 heavy (non-hydrogen) atoms. The number of hydrogen-bond donors (Lipinski definition) is 2. The van der Waals surface area contributed by atoms with Crippen molar-refractivity contribution in [3.8, 4) is 0 Å². The zero-order valence-corrected chi connectivity index (χ0v) is 19.9. The summed E-state index contributed by atoms with van der Waals surface area (Å²) in [4.78, 5) is 26.0. The lowest BCUT2D eigenvalue weighted by molar-refractivity contribution is 0.100. The second-order valence-electron chi connectivity index (χ2n) is 8.81. The first-order valence-electron chi connectivity index (χ1n) is 11.8. The number of amides is 2. The highest BCUT2D eigenvalue weighted by Crippen LogP contribution is 2.21. The summed E-state index contributed by atoms with van der Waals surface area (Å²) in [5, 5.41) is 17.9. The predicted molar refractivity (Wildman–Crippen MR) is 127 cm³/mol. The van der Waals surface area contributed by atoms with E-state index in [2.05, 4.69) is 0 Å². The van der Waals surface area contributed by atoms with Crippen molar-refractivity contribution in [3.05, 3.63) is 71.8 Å². The van der Waals surface area contributed by atoms with Crippen molar-refractivity contribution in [2.24, 2.45) is 11.8 Å². The number of carbonyl (C=O) groups is 2. The van der Waals surface area contributed by atoms with Gasteiger partial charge in [0.2, 0.25) is 0 Å². The molecule has 0 aliphatic carbocycles. The molecule has 4 atom stereocenters. The summed E-state index contributed by atoms with van der Waals surface area (Å²) in [6.07, 6.45) is -3.39. The van der Waals surface area contributed by atoms with Crippen LogP contribution in [0.5, 0.6) is 0 Å². The fourth-order valence-electron chi connectivity index (χ4n) is 3.93. The number of alkyl halides is 2. The Morgan fingerprint density at radius 2 is 1.06 bits per heavy atom. The Labute approximate surface area is 209 Å². The first-order chi connectivity index (χ1) is 17.4. The van der Waals surface area contributed by atoms with Crippen LogP contribution < -0.4 is 0 Å². The molecule has 0 saturated carbocycles. The van der Waals surface area contributed by atoms with Crippen molar-refractivity contribution >= 4 is 12.2 Å². The molecule has 2 saturated heterocycles. The number of nitrogens with zero attached hydrogens (tertiary/aromatic N) is 2. The van der Waals surface area contributed by atoms with Gasteiger partial charge in [0.25, 0.3) is 0 Å². The average Bonchev–Trinajstić information content (AvgIpc) is 3.49. The molecule has 0 unspecified atom stereocenters. The topological polar surface area (TPSA) is 99.5 Å². The third kappa shape index (κ3) is 7.89. The highest BCUT2D eigenvalue weighted by Gasteiger charge is 2.36. The summed E-state index contributed by atoms with van der Waals surface area (Å²) in [7, 11) is 0. The second-order valence-corrected chi connectivity index (χ2v) is 8.81. The van der Waals surface area contributed by atoms with E-state index in [0.29, 0.717) is 0 Å². The van der Waals surface area contributed by atoms with E-state index >= 15 is 0 Å². The maximum Gasteiger partial charge on any atom is 0.410 e. The van der Waals surface area contributed by atoms with E-state index in [1.807, 2.05) is 60.7 Å². The standard InChI is InChI=1S/2C13H16FNO3/c2*14-12-7-15(6-11(12)8-16)13(17)18-9-10-4-2-1-3-5-10/h2*1-5,11-12,16H,6-9H2/t2*11-,12-/m10/s1. The zero-order valence-electron chi connectivity index (χ0n) is 19.9. The van der Waals surface area contributed by atoms with Gasteiger partial charge in [-0.15, -0.1) is 0 Å². The highest BCUT2D eigenvalue weighted by atomic mass is 19.1. The molecule has 2 amide bonds. The molecule has 2 aliphatic rings. The van der Waals surface area contributed by atoms with Crippen molar-refractivity contribution in [2.75, 3.05) is 39.4 Å². The number of ether oxygens (including phenoxy) is 2. The van der Waals surface area contributed by atoms with Crippen molar-refractivity contribution in [3.63, 3.8) is 0 Å². The Balaban J connectivity index is 0.000000201. The van der Waals surface area contributed by atoms with Gasteiger partial charge in [-0.05, 0) is 11.1 Å². The molecule has 196 valence electrons. The number of rotatable bonds is 6. The third-order valence-electron chi connectivity index (χ3n) is 6.12. The molecule has 8 nitrogen and oxygen atoms in total. The molecule has 2 heterocycles. The molecule has 10 heteroatoms. The van der Waals surface area contributed by atoms with Crippen LogP contribution in [-0.2, 0) is 22.7 Å². The summed E-state index contributed by atoms with van der Waals surface area (Å²) >= 11 is 0. The smallest absolute Gasteiger partial charge is 0.410 e. The lowest BCUT2D eigenvalue weighted by atomic mass is 10.1. The SMILES string of the molecule is O=C(OCc1ccccc1)N1C[C@@H](CO)[C@@H](F)C1.O=C(OCc1ccccc1)N1C[C@H](CO)[C@H](F)C1. The summed E-state index contributed by atoms with van der Waals surface area (Å²) < 4.78 is 36.9. The van der Waals surface area contributed by atoms with Crippen LogP contribution in [0.1, 0.15) is 11.1 Å². The van der Waals surface area contributed by atoms with Gasteiger partial charge in [-0.25, -0.2) is 18.4 Å². The summed E-state index contributed by atoms with van der Waals surface area (Å²) in [6.45, 7) is 0.287. The van der Waals surface area contributed by atoms with Crippen LogP contribution in [0.3, 0.4) is 0 Å². The van der Waals surface area contributed by atoms with Crippen LogP contribution in [0, 0.1) is 11.8 Å². The average molecular weight is 507 g/mol. The first kappa shape index (κ1) is 27.3. The Bertz CT molecular complexity index is 874. The van der Waals surface area contributed by atoms with Crippen LogP contribution in [0.4, 0.5) is 18.4 Å². The van der Waals surface area contributed by atoms with Gasteiger partial charge in [0.05, 0.1) is 26.3 Å². The van der Waals surface area contributed by atoms with E-state index in [9.17, 15) is 18.4 Å². The highest BCUT2D eigenvalue weighted by molar-refractivity contribution is 5.68. The van der Waals surface area contributed by atoms with Crippen molar-refractivity contribution in [1.29, 1.82) is 0 Å². The summed E-state index contributed by atoms with van der Waals surface area (Å²) in [5.41, 5.74) is 1.78. The van der Waals surface area contributed by atoms with Crippen LogP contribution in [0.25, 0.3) is 0 Å². The number of aliphatic hydroxyl groups is 2. The van der Waals surface area contributed by atoms with E-state index in [1.165, 1.54) is 9.80 Å². The maximum atomic E-state index is 13.4. The molecule has 0 aromatic heterocycles. The van der Waals surface area contributed by atoms with Gasteiger partial charge in [0.1, 0.15) is 25.6 Å². The minimum Gasteiger partial charge on any atom is -0.445 e. The number of benzene rings is 2. The lowest BCUT2D eigenvalue weighted by Crippen LogP contribution is -2.29. The van der Waals surface area contributed by atoms with Gasteiger partial charge >= 0.3 is 12.2 Å². The van der Waals surface area contributed by atoms with Crippen molar-refractivity contribution in [2.45, 2.75) is 25.6 Å². The molecule has 2 aliphatic heterocycles. The Hall–Kier alpha value is -3.24. The fourth-order valence-corrected chi connectivity index (χ4v) is 3.93. The molecule has 0 spiro atoms. The Morgan fingerprint density at radius 3 is 1.36 bits per heavy atom. The number of likely N-dealkylation sites (tertiary alicyclic amines) is 2. The third-order valence-corrected chi connectivity index (χ3v) is 6.12. The molecular formula is C26H32F2N2O6.